The highest BCUT2D eigenvalue weighted by Gasteiger charge is 2.57. The molecule has 0 aromatic heterocycles. The Morgan fingerprint density at radius 3 is 1.56 bits per heavy atom. The zero-order valence-electron chi connectivity index (χ0n) is 35.2. The van der Waals surface area contributed by atoms with E-state index in [0.717, 1.165) is 36.2 Å². The summed E-state index contributed by atoms with van der Waals surface area (Å²) in [4.78, 5) is 0. The third-order valence-electron chi connectivity index (χ3n) is 11.8. The monoisotopic (exact) mass is 804 g/mol. The van der Waals surface area contributed by atoms with Crippen molar-refractivity contribution in [2.75, 3.05) is 19.8 Å². The molecule has 1 heterocycles. The molecule has 304 valence electrons. The van der Waals surface area contributed by atoms with Crippen LogP contribution >= 0.6 is 0 Å². The second-order valence-electron chi connectivity index (χ2n) is 17.6. The van der Waals surface area contributed by atoms with Gasteiger partial charge < -0.3 is 28.2 Å². The van der Waals surface area contributed by atoms with Crippen LogP contribution < -0.4 is 20.7 Å². The predicted octanol–water partition coefficient (Wildman–Crippen LogP) is 8.42. The van der Waals surface area contributed by atoms with Crippen molar-refractivity contribution in [3.63, 3.8) is 0 Å². The lowest BCUT2D eigenvalue weighted by Crippen LogP contribution is -2.71. The largest absolute Gasteiger partial charge is 0.469 e. The highest BCUT2D eigenvalue weighted by molar-refractivity contribution is 7.00. The van der Waals surface area contributed by atoms with Gasteiger partial charge in [-0.3, -0.25) is 0 Å². The van der Waals surface area contributed by atoms with Crippen molar-refractivity contribution >= 4 is 37.4 Å². The molecule has 4 aromatic carbocycles. The molecule has 2 aliphatic rings. The fourth-order valence-corrected chi connectivity index (χ4v) is 18.3. The summed E-state index contributed by atoms with van der Waals surface area (Å²) < 4.78 is 35.9. The molecule has 1 saturated heterocycles. The lowest BCUT2D eigenvalue weighted by Gasteiger charge is -2.52. The predicted molar refractivity (Wildman–Crippen MR) is 238 cm³/mol. The second kappa shape index (κ2) is 18.5. The zero-order valence-corrected chi connectivity index (χ0v) is 37.2. The molecule has 0 amide bonds. The number of hydrogen-bond donors (Lipinski definition) is 1. The number of allylic oxidation sites excluding steroid dienone is 1. The molecular weight excluding hydrogens is 741 g/mol. The summed E-state index contributed by atoms with van der Waals surface area (Å²) in [6, 6.07) is 43.0. The van der Waals surface area contributed by atoms with Crippen LogP contribution in [0.4, 0.5) is 0 Å². The lowest BCUT2D eigenvalue weighted by molar-refractivity contribution is -0.140. The van der Waals surface area contributed by atoms with Crippen molar-refractivity contribution in [1.82, 2.24) is 0 Å². The molecule has 4 atom stereocenters. The Labute approximate surface area is 344 Å². The maximum absolute atomic E-state index is 10.0. The summed E-state index contributed by atoms with van der Waals surface area (Å²) in [5, 5.41) is 14.2. The van der Waals surface area contributed by atoms with Gasteiger partial charge >= 0.3 is 0 Å². The van der Waals surface area contributed by atoms with E-state index in [2.05, 4.69) is 163 Å². The Morgan fingerprint density at radius 1 is 0.702 bits per heavy atom. The molecule has 6 rings (SSSR count). The summed E-state index contributed by atoms with van der Waals surface area (Å²) in [5.41, 5.74) is 1.82. The smallest absolute Gasteiger partial charge is 0.262 e. The topological polar surface area (TPSA) is 66.4 Å². The van der Waals surface area contributed by atoms with Gasteiger partial charge in [0.2, 0.25) is 0 Å². The molecule has 2 fully saturated rings. The van der Waals surface area contributed by atoms with Crippen molar-refractivity contribution in [3.8, 4) is 0 Å². The van der Waals surface area contributed by atoms with Gasteiger partial charge in [-0.25, -0.2) is 0 Å². The molecule has 4 unspecified atom stereocenters. The normalized spacial score (nSPS) is 21.9. The lowest BCUT2D eigenvalue weighted by atomic mass is 9.83. The minimum absolute atomic E-state index is 0.0215. The highest BCUT2D eigenvalue weighted by Crippen LogP contribution is 2.46. The van der Waals surface area contributed by atoms with Gasteiger partial charge in [-0.05, 0) is 68.2 Å². The van der Waals surface area contributed by atoms with Crippen molar-refractivity contribution in [2.45, 2.75) is 115 Å². The molecule has 1 N–H and O–H groups in total. The SMILES string of the molecule is C=C1C(=C(C)OC2CCCCO2)CC(O[Si](c2ccccc2)(c2ccccc2)C(C)(C)C)C(OCCCO)C1O[Si](c1ccccc1)(c1ccccc1)C(C)(C)C. The number of rotatable bonds is 14. The third kappa shape index (κ3) is 9.03. The Morgan fingerprint density at radius 2 is 1.16 bits per heavy atom. The standard InChI is InChI=1S/C49H64O6Si2/c1-37-43(38(2)53-45-32-21-22-34-51-45)36-44(54-56(48(3,4)5,39-24-13-9-14-25-39)40-26-15-10-16-27-40)47(52-35-23-33-50)46(37)55-57(49(6,7)8,41-28-17-11-18-29-41)42-30-19-12-20-31-42/h9-20,24-31,44-47,50H,1,21-23,32-36H2,2-8H3. The molecule has 8 heteroatoms. The first-order chi connectivity index (χ1) is 27.3. The Kier molecular flexibility index (Phi) is 14.0. The summed E-state index contributed by atoms with van der Waals surface area (Å²) in [7, 11) is -6.25. The van der Waals surface area contributed by atoms with Gasteiger partial charge in [0.25, 0.3) is 16.6 Å². The summed E-state index contributed by atoms with van der Waals surface area (Å²) >= 11 is 0. The van der Waals surface area contributed by atoms with Crippen LogP contribution in [0.3, 0.4) is 0 Å². The van der Waals surface area contributed by atoms with Gasteiger partial charge in [-0.1, -0.05) is 169 Å². The van der Waals surface area contributed by atoms with Gasteiger partial charge in [0.05, 0.1) is 18.8 Å². The quantitative estimate of drug-likeness (QED) is 0.0785. The molecule has 1 saturated carbocycles. The van der Waals surface area contributed by atoms with E-state index in [4.69, 9.17) is 29.6 Å². The van der Waals surface area contributed by atoms with Gasteiger partial charge in [-0.15, -0.1) is 0 Å². The van der Waals surface area contributed by atoms with E-state index >= 15 is 0 Å². The number of ether oxygens (including phenoxy) is 3. The van der Waals surface area contributed by atoms with Crippen molar-refractivity contribution < 1.29 is 28.2 Å². The summed E-state index contributed by atoms with van der Waals surface area (Å²) in [5.74, 6) is 0.785. The van der Waals surface area contributed by atoms with E-state index in [1.165, 1.54) is 20.7 Å². The zero-order chi connectivity index (χ0) is 40.7. The molecular formula is C49H64O6Si2. The first-order valence-electron chi connectivity index (χ1n) is 20.8. The molecule has 0 bridgehead atoms. The van der Waals surface area contributed by atoms with E-state index in [-0.39, 0.29) is 23.0 Å². The van der Waals surface area contributed by atoms with E-state index in [0.29, 0.717) is 26.1 Å². The molecule has 57 heavy (non-hydrogen) atoms. The van der Waals surface area contributed by atoms with Crippen LogP contribution in [-0.2, 0) is 23.1 Å². The number of hydrogen-bond acceptors (Lipinski definition) is 6. The average Bonchev–Trinajstić information content (AvgIpc) is 3.21. The Hall–Kier alpha value is -3.61. The van der Waals surface area contributed by atoms with Crippen molar-refractivity contribution in [2.24, 2.45) is 0 Å². The van der Waals surface area contributed by atoms with Crippen molar-refractivity contribution in [3.05, 3.63) is 145 Å². The van der Waals surface area contributed by atoms with Crippen LogP contribution in [0.2, 0.25) is 10.1 Å². The fraction of sp³-hybridized carbons (Fsp3) is 0.429. The Balaban J connectivity index is 1.59. The maximum atomic E-state index is 10.0. The van der Waals surface area contributed by atoms with Crippen LogP contribution in [0, 0.1) is 0 Å². The first-order valence-corrected chi connectivity index (χ1v) is 24.6. The minimum Gasteiger partial charge on any atom is -0.469 e. The van der Waals surface area contributed by atoms with E-state index < -0.39 is 34.9 Å². The first kappa shape index (κ1) is 43.0. The molecule has 1 aliphatic carbocycles. The molecule has 1 aliphatic heterocycles. The van der Waals surface area contributed by atoms with Crippen LogP contribution in [0.15, 0.2) is 145 Å². The van der Waals surface area contributed by atoms with E-state index in [9.17, 15) is 5.11 Å². The average molecular weight is 805 g/mol. The van der Waals surface area contributed by atoms with Crippen LogP contribution in [0.25, 0.3) is 0 Å². The fourth-order valence-electron chi connectivity index (χ4n) is 8.98. The molecule has 0 spiro atoms. The van der Waals surface area contributed by atoms with Gasteiger partial charge in [0.15, 0.2) is 6.29 Å². The summed E-state index contributed by atoms with van der Waals surface area (Å²) in [6.45, 7) is 21.8. The third-order valence-corrected chi connectivity index (χ3v) is 21.8. The minimum atomic E-state index is -3.15. The van der Waals surface area contributed by atoms with E-state index in [1.807, 2.05) is 6.92 Å². The van der Waals surface area contributed by atoms with Crippen LogP contribution in [0.5, 0.6) is 0 Å². The van der Waals surface area contributed by atoms with Crippen LogP contribution in [-0.4, -0.2) is 66.2 Å². The van der Waals surface area contributed by atoms with Crippen molar-refractivity contribution in [1.29, 1.82) is 0 Å². The summed E-state index contributed by atoms with van der Waals surface area (Å²) in [6.07, 6.45) is 2.04. The van der Waals surface area contributed by atoms with Gasteiger partial charge in [-0.2, -0.15) is 0 Å². The van der Waals surface area contributed by atoms with E-state index in [1.54, 1.807) is 0 Å². The maximum Gasteiger partial charge on any atom is 0.262 e. The second-order valence-corrected chi connectivity index (χ2v) is 26.1. The Bertz CT molecular complexity index is 1820. The molecule has 6 nitrogen and oxygen atoms in total. The molecule has 4 aromatic rings. The van der Waals surface area contributed by atoms with Gasteiger partial charge in [0.1, 0.15) is 11.9 Å². The molecule has 0 radical (unpaired) electrons. The number of aliphatic hydroxyl groups excluding tert-OH is 1. The highest BCUT2D eigenvalue weighted by atomic mass is 28.4. The van der Waals surface area contributed by atoms with Gasteiger partial charge in [0, 0.05) is 26.1 Å². The number of aliphatic hydroxyl groups is 1. The number of benzene rings is 4. The van der Waals surface area contributed by atoms with Crippen LogP contribution in [0.1, 0.15) is 80.6 Å².